The molecule has 0 bridgehead atoms. The molecule has 0 aliphatic heterocycles. The number of phosphoric ester groups is 1. The summed E-state index contributed by atoms with van der Waals surface area (Å²) < 4.78 is 30.9. The highest BCUT2D eigenvalue weighted by Gasteiger charge is 2.30. The third-order valence-electron chi connectivity index (χ3n) is 17.9. The molecule has 87 heavy (non-hydrogen) atoms. The topological polar surface area (TPSA) is 111 Å². The van der Waals surface area contributed by atoms with Crippen molar-refractivity contribution in [3.8, 4) is 0 Å². The van der Waals surface area contributed by atoms with Crippen LogP contribution in [0.25, 0.3) is 0 Å². The first-order valence-corrected chi connectivity index (χ1v) is 40.2. The fraction of sp³-hybridized carbons (Fsp3) is 0.922. The Balaban J connectivity index is 4.88. The molecule has 0 spiro atoms. The number of hydrogen-bond donors (Lipinski definition) is 2. The van der Waals surface area contributed by atoms with Gasteiger partial charge in [0.25, 0.3) is 0 Å². The predicted octanol–water partition coefficient (Wildman–Crippen LogP) is 24.8. The lowest BCUT2D eigenvalue weighted by Gasteiger charge is -2.27. The normalized spacial score (nSPS) is 13.5. The number of allylic oxidation sites excluding steroid dienone is 3. The lowest BCUT2D eigenvalue weighted by molar-refractivity contribution is -0.870. The highest BCUT2D eigenvalue weighted by Crippen LogP contribution is 2.43. The number of carbonyl (C=O) groups excluding carboxylic acids is 2. The summed E-state index contributed by atoms with van der Waals surface area (Å²) in [5, 5.41) is 3.08. The maximum absolute atomic E-state index is 13.6. The highest BCUT2D eigenvalue weighted by atomic mass is 31.2. The van der Waals surface area contributed by atoms with Crippen molar-refractivity contribution in [2.45, 2.75) is 418 Å². The van der Waals surface area contributed by atoms with Crippen LogP contribution in [-0.2, 0) is 27.9 Å². The molecule has 0 saturated carbocycles. The number of unbranched alkanes of at least 4 members (excludes halogenated alkanes) is 54. The molecule has 0 aromatic rings. The van der Waals surface area contributed by atoms with Crippen molar-refractivity contribution in [1.82, 2.24) is 5.32 Å². The van der Waals surface area contributed by atoms with Crippen molar-refractivity contribution in [2.75, 3.05) is 40.9 Å². The van der Waals surface area contributed by atoms with Gasteiger partial charge in [0, 0.05) is 12.8 Å². The van der Waals surface area contributed by atoms with E-state index in [4.69, 9.17) is 13.8 Å². The van der Waals surface area contributed by atoms with Gasteiger partial charge in [-0.15, -0.1) is 0 Å². The summed E-state index contributed by atoms with van der Waals surface area (Å²) in [5.41, 5.74) is 0. The van der Waals surface area contributed by atoms with Crippen LogP contribution in [0.15, 0.2) is 24.3 Å². The smallest absolute Gasteiger partial charge is 0.456 e. The molecule has 0 aliphatic carbocycles. The monoisotopic (exact) mass is 1250 g/mol. The Hall–Kier alpha value is -1.51. The number of nitrogens with one attached hydrogen (secondary N) is 1. The zero-order chi connectivity index (χ0) is 63.5. The molecule has 0 aromatic carbocycles. The van der Waals surface area contributed by atoms with Crippen LogP contribution in [0.5, 0.6) is 0 Å². The highest BCUT2D eigenvalue weighted by molar-refractivity contribution is 7.47. The van der Waals surface area contributed by atoms with Crippen molar-refractivity contribution in [1.29, 1.82) is 0 Å². The van der Waals surface area contributed by atoms with Gasteiger partial charge in [-0.2, -0.15) is 0 Å². The Bertz CT molecular complexity index is 1530. The number of quaternary nitrogens is 1. The minimum atomic E-state index is -4.45. The van der Waals surface area contributed by atoms with Crippen LogP contribution >= 0.6 is 7.82 Å². The van der Waals surface area contributed by atoms with E-state index in [2.05, 4.69) is 44.3 Å². The van der Waals surface area contributed by atoms with E-state index in [1.807, 2.05) is 27.2 Å². The molecule has 0 aromatic heterocycles. The molecule has 0 radical (unpaired) electrons. The molecule has 10 heteroatoms. The standard InChI is InChI=1S/C77H151N2O7P/c1-7-10-13-16-19-22-25-27-29-31-33-35-37-39-41-43-45-47-49-51-54-57-60-63-66-69-76(80)78-74(73-85-87(82,83)84-72-71-79(4,5)6)75(68-65-62-59-56-53-24-21-18-15-12-9-3)86-77(81)70-67-64-61-58-55-52-50-48-46-44-42-40-38-36-34-32-30-28-26-23-20-17-14-11-8-2/h27,29,65,68,74-75H,7-26,28,30-64,66-67,69-73H2,1-6H3,(H-,78,80,82,83)/p+1/b29-27+,68-65+. The number of carbonyl (C=O) groups is 2. The Kier molecular flexibility index (Phi) is 66.2. The van der Waals surface area contributed by atoms with Gasteiger partial charge in [-0.05, 0) is 57.4 Å². The van der Waals surface area contributed by atoms with Crippen LogP contribution in [-0.4, -0.2) is 74.3 Å². The van der Waals surface area contributed by atoms with Crippen LogP contribution in [0.3, 0.4) is 0 Å². The van der Waals surface area contributed by atoms with E-state index in [-0.39, 0.29) is 25.1 Å². The fourth-order valence-corrected chi connectivity index (χ4v) is 12.7. The van der Waals surface area contributed by atoms with Crippen molar-refractivity contribution in [3.63, 3.8) is 0 Å². The average Bonchev–Trinajstić information content (AvgIpc) is 3.70. The molecule has 516 valence electrons. The summed E-state index contributed by atoms with van der Waals surface area (Å²) in [5.74, 6) is -0.479. The SMILES string of the molecule is CCCCCCCC/C=C/CCCCCCCCCCCCCCCCCC(=O)NC(COP(=O)(O)OCC[N+](C)(C)C)C(/C=C/CCCCCCCCCCC)OC(=O)CCCCCCCCCCCCCCCCCCCCCCCCCCC. The van der Waals surface area contributed by atoms with Crippen LogP contribution in [0.2, 0.25) is 0 Å². The van der Waals surface area contributed by atoms with E-state index in [9.17, 15) is 19.0 Å². The summed E-state index contributed by atoms with van der Waals surface area (Å²) in [6, 6.07) is -0.843. The minimum Gasteiger partial charge on any atom is -0.456 e. The largest absolute Gasteiger partial charge is 0.472 e. The summed E-state index contributed by atoms with van der Waals surface area (Å²) in [6.45, 7) is 7.09. The number of rotatable bonds is 72. The molecule has 0 rings (SSSR count). The first-order valence-electron chi connectivity index (χ1n) is 38.7. The van der Waals surface area contributed by atoms with Gasteiger partial charge in [0.15, 0.2) is 0 Å². The lowest BCUT2D eigenvalue weighted by atomic mass is 10.0. The Labute approximate surface area is 543 Å². The molecular weight excluding hydrogens is 1100 g/mol. The first-order chi connectivity index (χ1) is 42.4. The quantitative estimate of drug-likeness (QED) is 0.0205. The predicted molar refractivity (Wildman–Crippen MR) is 379 cm³/mol. The summed E-state index contributed by atoms with van der Waals surface area (Å²) >= 11 is 0. The van der Waals surface area contributed by atoms with Gasteiger partial charge in [-0.1, -0.05) is 360 Å². The summed E-state index contributed by atoms with van der Waals surface area (Å²) in [7, 11) is 1.52. The average molecular weight is 1250 g/mol. The molecule has 9 nitrogen and oxygen atoms in total. The second kappa shape index (κ2) is 67.4. The molecular formula is C77H152N2O7P+. The molecule has 2 N–H and O–H groups in total. The molecule has 0 fully saturated rings. The minimum absolute atomic E-state index is 0.0448. The second-order valence-corrected chi connectivity index (χ2v) is 29.3. The lowest BCUT2D eigenvalue weighted by Crippen LogP contribution is -2.47. The Morgan fingerprint density at radius 1 is 0.391 bits per heavy atom. The van der Waals surface area contributed by atoms with Gasteiger partial charge in [0.05, 0.1) is 33.8 Å². The number of likely N-dealkylation sites (N-methyl/N-ethyl adjacent to an activating group) is 1. The molecule has 3 atom stereocenters. The molecule has 0 saturated heterocycles. The van der Waals surface area contributed by atoms with E-state index in [1.165, 1.54) is 315 Å². The third-order valence-corrected chi connectivity index (χ3v) is 18.9. The van der Waals surface area contributed by atoms with Gasteiger partial charge in [-0.25, -0.2) is 4.57 Å². The van der Waals surface area contributed by atoms with Gasteiger partial charge in [0.2, 0.25) is 5.91 Å². The van der Waals surface area contributed by atoms with E-state index >= 15 is 0 Å². The maximum Gasteiger partial charge on any atom is 0.472 e. The maximum atomic E-state index is 13.6. The van der Waals surface area contributed by atoms with Crippen LogP contribution < -0.4 is 5.32 Å². The van der Waals surface area contributed by atoms with Crippen LogP contribution in [0.4, 0.5) is 0 Å². The van der Waals surface area contributed by atoms with Crippen molar-refractivity contribution in [2.24, 2.45) is 0 Å². The Morgan fingerprint density at radius 2 is 0.667 bits per heavy atom. The van der Waals surface area contributed by atoms with E-state index in [0.717, 1.165) is 57.8 Å². The molecule has 0 aliphatic rings. The van der Waals surface area contributed by atoms with Crippen molar-refractivity contribution < 1.29 is 37.3 Å². The molecule has 1 amide bonds. The van der Waals surface area contributed by atoms with Crippen molar-refractivity contribution in [3.05, 3.63) is 24.3 Å². The molecule has 3 unspecified atom stereocenters. The van der Waals surface area contributed by atoms with Gasteiger partial charge in [0.1, 0.15) is 19.3 Å². The number of hydrogen-bond acceptors (Lipinski definition) is 6. The van der Waals surface area contributed by atoms with E-state index in [1.54, 1.807) is 0 Å². The van der Waals surface area contributed by atoms with Crippen LogP contribution in [0.1, 0.15) is 406 Å². The van der Waals surface area contributed by atoms with E-state index in [0.29, 0.717) is 23.9 Å². The zero-order valence-corrected chi connectivity index (χ0v) is 60.2. The number of ether oxygens (including phenoxy) is 1. The van der Waals surface area contributed by atoms with Gasteiger partial charge in [-0.3, -0.25) is 18.6 Å². The number of esters is 1. The number of phosphoric acid groups is 1. The zero-order valence-electron chi connectivity index (χ0n) is 59.3. The number of nitrogens with zero attached hydrogens (tertiary/aromatic N) is 1. The van der Waals surface area contributed by atoms with Crippen molar-refractivity contribution >= 4 is 19.7 Å². The van der Waals surface area contributed by atoms with Crippen LogP contribution in [0, 0.1) is 0 Å². The first kappa shape index (κ1) is 85.5. The summed E-state index contributed by atoms with van der Waals surface area (Å²) in [6.07, 6.45) is 83.6. The summed E-state index contributed by atoms with van der Waals surface area (Å²) in [4.78, 5) is 38.0. The fourth-order valence-electron chi connectivity index (χ4n) is 11.9. The molecule has 0 heterocycles. The Morgan fingerprint density at radius 3 is 0.977 bits per heavy atom. The van der Waals surface area contributed by atoms with Gasteiger partial charge < -0.3 is 19.4 Å². The van der Waals surface area contributed by atoms with E-state index < -0.39 is 20.0 Å². The second-order valence-electron chi connectivity index (χ2n) is 27.9. The number of amides is 1. The van der Waals surface area contributed by atoms with Gasteiger partial charge >= 0.3 is 13.8 Å². The third kappa shape index (κ3) is 68.7.